The number of rotatable bonds is 4. The van der Waals surface area contributed by atoms with Crippen LogP contribution in [0.15, 0.2) is 36.4 Å². The maximum absolute atomic E-state index is 12.2. The number of benzene rings is 2. The minimum atomic E-state index is -0.517. The Morgan fingerprint density at radius 3 is 2.26 bits per heavy atom. The summed E-state index contributed by atoms with van der Waals surface area (Å²) in [7, 11) is 0. The maximum Gasteiger partial charge on any atom is 0.339 e. The van der Waals surface area contributed by atoms with Gasteiger partial charge in [-0.15, -0.1) is 0 Å². The number of nitrogens with one attached hydrogen (secondary N) is 1. The molecule has 0 aromatic heterocycles. The van der Waals surface area contributed by atoms with Crippen LogP contribution in [0.4, 0.5) is 5.69 Å². The molecule has 4 nitrogen and oxygen atoms in total. The molecule has 0 aliphatic rings. The molecule has 2 aromatic carbocycles. The highest BCUT2D eigenvalue weighted by Crippen LogP contribution is 2.25. The molecule has 0 heterocycles. The molecule has 0 aliphatic carbocycles. The summed E-state index contributed by atoms with van der Waals surface area (Å²) in [5.74, 6) is -0.928. The van der Waals surface area contributed by atoms with Crippen LogP contribution in [-0.4, -0.2) is 18.5 Å². The molecule has 0 unspecified atom stereocenters. The Balaban J connectivity index is 2.18. The van der Waals surface area contributed by atoms with Crippen LogP contribution >= 0.6 is 34.8 Å². The van der Waals surface area contributed by atoms with E-state index < -0.39 is 11.9 Å². The van der Waals surface area contributed by atoms with E-state index >= 15 is 0 Å². The molecule has 0 atom stereocenters. The average molecular weight is 373 g/mol. The minimum Gasteiger partial charge on any atom is -0.462 e. The van der Waals surface area contributed by atoms with Crippen LogP contribution in [0.3, 0.4) is 0 Å². The molecule has 23 heavy (non-hydrogen) atoms. The van der Waals surface area contributed by atoms with Gasteiger partial charge in [0, 0.05) is 10.7 Å². The monoisotopic (exact) mass is 371 g/mol. The second kappa shape index (κ2) is 7.68. The third kappa shape index (κ3) is 4.38. The van der Waals surface area contributed by atoms with Gasteiger partial charge < -0.3 is 10.1 Å². The summed E-state index contributed by atoms with van der Waals surface area (Å²) >= 11 is 17.8. The molecule has 1 N–H and O–H groups in total. The smallest absolute Gasteiger partial charge is 0.339 e. The van der Waals surface area contributed by atoms with E-state index in [0.29, 0.717) is 10.7 Å². The van der Waals surface area contributed by atoms with E-state index in [1.807, 2.05) is 0 Å². The molecule has 1 amide bonds. The second-order valence-corrected chi connectivity index (χ2v) is 5.74. The molecule has 2 rings (SSSR count). The average Bonchev–Trinajstić information content (AvgIpc) is 2.47. The lowest BCUT2D eigenvalue weighted by molar-refractivity contribution is 0.0526. The fourth-order valence-corrected chi connectivity index (χ4v) is 2.59. The summed E-state index contributed by atoms with van der Waals surface area (Å²) in [6, 6.07) is 9.08. The van der Waals surface area contributed by atoms with Crippen LogP contribution in [0.25, 0.3) is 0 Å². The van der Waals surface area contributed by atoms with Gasteiger partial charge in [-0.1, -0.05) is 34.8 Å². The highest BCUT2D eigenvalue weighted by molar-refractivity contribution is 6.37. The molecule has 7 heteroatoms. The van der Waals surface area contributed by atoms with Crippen molar-refractivity contribution in [2.75, 3.05) is 11.9 Å². The van der Waals surface area contributed by atoms with Crippen LogP contribution in [0.5, 0.6) is 0 Å². The highest BCUT2D eigenvalue weighted by Gasteiger charge is 2.14. The van der Waals surface area contributed by atoms with E-state index in [2.05, 4.69) is 5.32 Å². The zero-order valence-corrected chi connectivity index (χ0v) is 14.3. The summed E-state index contributed by atoms with van der Waals surface area (Å²) in [6.45, 7) is 1.96. The molecule has 0 saturated heterocycles. The fourth-order valence-electron chi connectivity index (χ4n) is 1.84. The first kappa shape index (κ1) is 17.6. The zero-order chi connectivity index (χ0) is 17.0. The Morgan fingerprint density at radius 1 is 1.00 bits per heavy atom. The summed E-state index contributed by atoms with van der Waals surface area (Å²) in [5, 5.41) is 3.52. The maximum atomic E-state index is 12.2. The van der Waals surface area contributed by atoms with Gasteiger partial charge in [-0.2, -0.15) is 0 Å². The minimum absolute atomic E-state index is 0.184. The standard InChI is InChI=1S/C16H12Cl3NO3/c1-2-23-16(22)12-6-4-10(8-14(12)19)20-15(21)11-5-3-9(17)7-13(11)18/h3-8H,2H2,1H3,(H,20,21). The quantitative estimate of drug-likeness (QED) is 0.762. The number of ether oxygens (including phenoxy) is 1. The molecule has 0 saturated carbocycles. The second-order valence-electron chi connectivity index (χ2n) is 4.49. The van der Waals surface area contributed by atoms with Gasteiger partial charge >= 0.3 is 5.97 Å². The Bertz CT molecular complexity index is 762. The topological polar surface area (TPSA) is 55.4 Å². The van der Waals surface area contributed by atoms with Crippen molar-refractivity contribution in [1.29, 1.82) is 0 Å². The summed E-state index contributed by atoms with van der Waals surface area (Å²) in [6.07, 6.45) is 0. The van der Waals surface area contributed by atoms with Crippen LogP contribution in [0.2, 0.25) is 15.1 Å². The SMILES string of the molecule is CCOC(=O)c1ccc(NC(=O)c2ccc(Cl)cc2Cl)cc1Cl. The highest BCUT2D eigenvalue weighted by atomic mass is 35.5. The van der Waals surface area contributed by atoms with Crippen molar-refractivity contribution in [2.45, 2.75) is 6.92 Å². The van der Waals surface area contributed by atoms with E-state index in [1.54, 1.807) is 19.1 Å². The van der Waals surface area contributed by atoms with Crippen molar-refractivity contribution in [3.05, 3.63) is 62.6 Å². The summed E-state index contributed by atoms with van der Waals surface area (Å²) < 4.78 is 4.89. The van der Waals surface area contributed by atoms with Crippen LogP contribution in [-0.2, 0) is 4.74 Å². The molecular weight excluding hydrogens is 361 g/mol. The van der Waals surface area contributed by atoms with E-state index in [4.69, 9.17) is 39.5 Å². The lowest BCUT2D eigenvalue weighted by Crippen LogP contribution is -2.13. The van der Waals surface area contributed by atoms with Gasteiger partial charge in [-0.25, -0.2) is 4.79 Å². The Hall–Kier alpha value is -1.75. The van der Waals surface area contributed by atoms with E-state index in [9.17, 15) is 9.59 Å². The zero-order valence-electron chi connectivity index (χ0n) is 12.0. The lowest BCUT2D eigenvalue weighted by Gasteiger charge is -2.09. The first-order valence-corrected chi connectivity index (χ1v) is 7.79. The number of hydrogen-bond donors (Lipinski definition) is 1. The Kier molecular flexibility index (Phi) is 5.88. The van der Waals surface area contributed by atoms with Crippen LogP contribution < -0.4 is 5.32 Å². The first-order valence-electron chi connectivity index (χ1n) is 6.65. The molecule has 0 fully saturated rings. The van der Waals surface area contributed by atoms with Crippen LogP contribution in [0, 0.1) is 0 Å². The van der Waals surface area contributed by atoms with Gasteiger partial charge in [0.05, 0.1) is 27.8 Å². The van der Waals surface area contributed by atoms with Crippen molar-refractivity contribution < 1.29 is 14.3 Å². The summed E-state index contributed by atoms with van der Waals surface area (Å²) in [4.78, 5) is 23.9. The number of carbonyl (C=O) groups is 2. The normalized spacial score (nSPS) is 10.3. The number of hydrogen-bond acceptors (Lipinski definition) is 3. The third-order valence-corrected chi connectivity index (χ3v) is 3.76. The molecular formula is C16H12Cl3NO3. The van der Waals surface area contributed by atoms with Crippen molar-refractivity contribution in [2.24, 2.45) is 0 Å². The van der Waals surface area contributed by atoms with Gasteiger partial charge in [0.2, 0.25) is 0 Å². The fraction of sp³-hybridized carbons (Fsp3) is 0.125. The first-order chi connectivity index (χ1) is 10.9. The molecule has 0 aliphatic heterocycles. The molecule has 0 bridgehead atoms. The van der Waals surface area contributed by atoms with Crippen molar-refractivity contribution in [3.63, 3.8) is 0 Å². The van der Waals surface area contributed by atoms with Crippen molar-refractivity contribution in [3.8, 4) is 0 Å². The summed E-state index contributed by atoms with van der Waals surface area (Å²) in [5.41, 5.74) is 0.941. The molecule has 120 valence electrons. The largest absolute Gasteiger partial charge is 0.462 e. The van der Waals surface area contributed by atoms with Gasteiger partial charge in [0.25, 0.3) is 5.91 Å². The Morgan fingerprint density at radius 2 is 1.65 bits per heavy atom. The predicted molar refractivity (Wildman–Crippen MR) is 91.8 cm³/mol. The van der Waals surface area contributed by atoms with Crippen LogP contribution in [0.1, 0.15) is 27.6 Å². The van der Waals surface area contributed by atoms with Crippen molar-refractivity contribution >= 4 is 52.4 Å². The molecule has 2 aromatic rings. The van der Waals surface area contributed by atoms with Gasteiger partial charge in [0.15, 0.2) is 0 Å². The number of amides is 1. The van der Waals surface area contributed by atoms with E-state index in [1.165, 1.54) is 24.3 Å². The third-order valence-electron chi connectivity index (χ3n) is 2.90. The number of halogens is 3. The van der Waals surface area contributed by atoms with Gasteiger partial charge in [-0.05, 0) is 43.3 Å². The van der Waals surface area contributed by atoms with Crippen molar-refractivity contribution in [1.82, 2.24) is 0 Å². The van der Waals surface area contributed by atoms with Gasteiger partial charge in [-0.3, -0.25) is 4.79 Å². The lowest BCUT2D eigenvalue weighted by atomic mass is 10.1. The molecule has 0 radical (unpaired) electrons. The number of carbonyl (C=O) groups excluding carboxylic acids is 2. The molecule has 0 spiro atoms. The predicted octanol–water partition coefficient (Wildman–Crippen LogP) is 5.08. The number of esters is 1. The van der Waals surface area contributed by atoms with Gasteiger partial charge in [0.1, 0.15) is 0 Å². The number of anilines is 1. The Labute approximate surface area is 148 Å². The van der Waals surface area contributed by atoms with E-state index in [-0.39, 0.29) is 27.8 Å². The van der Waals surface area contributed by atoms with E-state index in [0.717, 1.165) is 0 Å².